The van der Waals surface area contributed by atoms with E-state index in [1.807, 2.05) is 51.1 Å². The molecule has 1 aromatic rings. The number of ether oxygens (including phenoxy) is 2. The molecule has 0 heterocycles. The van der Waals surface area contributed by atoms with E-state index in [1.165, 1.54) is 7.11 Å². The molecule has 0 fully saturated rings. The predicted molar refractivity (Wildman–Crippen MR) is 75.2 cm³/mol. The van der Waals surface area contributed by atoms with Gasteiger partial charge in [0.1, 0.15) is 11.3 Å². The number of hydrogen-bond donors (Lipinski definition) is 1. The van der Waals surface area contributed by atoms with Crippen LogP contribution in [0.4, 0.5) is 0 Å². The normalized spacial score (nSPS) is 15.4. The van der Waals surface area contributed by atoms with Crippen LogP contribution < -0.4 is 10.1 Å². The van der Waals surface area contributed by atoms with E-state index in [0.717, 1.165) is 5.75 Å². The summed E-state index contributed by atoms with van der Waals surface area (Å²) in [7, 11) is 1.40. The van der Waals surface area contributed by atoms with Crippen molar-refractivity contribution in [1.29, 1.82) is 0 Å². The number of carbonyl (C=O) groups excluding carboxylic acids is 1. The summed E-state index contributed by atoms with van der Waals surface area (Å²) in [6.45, 7) is 6.45. The lowest BCUT2D eigenvalue weighted by Gasteiger charge is -2.30. The number of carbonyl (C=O) groups is 1. The highest BCUT2D eigenvalue weighted by atomic mass is 16.5. The molecule has 106 valence electrons. The summed E-state index contributed by atoms with van der Waals surface area (Å²) < 4.78 is 10.7. The van der Waals surface area contributed by atoms with Crippen molar-refractivity contribution in [3.8, 4) is 5.75 Å². The molecule has 4 nitrogen and oxygen atoms in total. The first kappa shape index (κ1) is 15.5. The van der Waals surface area contributed by atoms with Crippen LogP contribution in [0, 0.1) is 0 Å². The number of likely N-dealkylation sites (N-methyl/N-ethyl adjacent to an activating group) is 1. The van der Waals surface area contributed by atoms with Gasteiger partial charge in [0.05, 0.1) is 13.2 Å². The van der Waals surface area contributed by atoms with Crippen molar-refractivity contribution < 1.29 is 14.3 Å². The first-order valence-corrected chi connectivity index (χ1v) is 6.57. The maximum absolute atomic E-state index is 11.9. The van der Waals surface area contributed by atoms with Crippen LogP contribution in [0.15, 0.2) is 30.3 Å². The Bertz CT molecular complexity index is 394. The summed E-state index contributed by atoms with van der Waals surface area (Å²) in [5.41, 5.74) is -0.725. The molecule has 19 heavy (non-hydrogen) atoms. The summed E-state index contributed by atoms with van der Waals surface area (Å²) in [5, 5.41) is 3.17. The fraction of sp³-hybridized carbons (Fsp3) is 0.533. The van der Waals surface area contributed by atoms with Crippen molar-refractivity contribution in [1.82, 2.24) is 5.32 Å². The standard InChI is InChI=1S/C15H23NO3/c1-5-16-15(3,14(17)18-4)11-12(2)19-13-9-7-6-8-10-13/h6-10,12,16H,5,11H2,1-4H3. The minimum absolute atomic E-state index is 0.0921. The predicted octanol–water partition coefficient (Wildman–Crippen LogP) is 2.39. The molecule has 1 N–H and O–H groups in total. The van der Waals surface area contributed by atoms with Crippen LogP contribution in [0.5, 0.6) is 5.75 Å². The Morgan fingerprint density at radius 1 is 1.37 bits per heavy atom. The molecule has 0 aliphatic carbocycles. The topological polar surface area (TPSA) is 47.6 Å². The third-order valence-corrected chi connectivity index (χ3v) is 2.98. The van der Waals surface area contributed by atoms with Crippen LogP contribution in [-0.2, 0) is 9.53 Å². The first-order chi connectivity index (χ1) is 9.01. The molecule has 0 aliphatic heterocycles. The lowest BCUT2D eigenvalue weighted by atomic mass is 9.94. The van der Waals surface area contributed by atoms with Gasteiger partial charge in [0, 0.05) is 6.42 Å². The monoisotopic (exact) mass is 265 g/mol. The van der Waals surface area contributed by atoms with Gasteiger partial charge in [-0.2, -0.15) is 0 Å². The van der Waals surface area contributed by atoms with Crippen LogP contribution >= 0.6 is 0 Å². The van der Waals surface area contributed by atoms with Gasteiger partial charge < -0.3 is 14.8 Å². The first-order valence-electron chi connectivity index (χ1n) is 6.57. The number of para-hydroxylation sites is 1. The molecule has 0 bridgehead atoms. The molecule has 0 saturated heterocycles. The average Bonchev–Trinajstić information content (AvgIpc) is 2.38. The molecule has 0 spiro atoms. The second-order valence-electron chi connectivity index (χ2n) is 4.80. The Balaban J connectivity index is 2.66. The molecule has 0 saturated carbocycles. The van der Waals surface area contributed by atoms with Crippen LogP contribution in [0.25, 0.3) is 0 Å². The molecule has 0 radical (unpaired) electrons. The highest BCUT2D eigenvalue weighted by Gasteiger charge is 2.35. The third kappa shape index (κ3) is 4.56. The lowest BCUT2D eigenvalue weighted by Crippen LogP contribution is -2.52. The van der Waals surface area contributed by atoms with E-state index < -0.39 is 5.54 Å². The second kappa shape index (κ2) is 7.14. The Morgan fingerprint density at radius 3 is 2.53 bits per heavy atom. The van der Waals surface area contributed by atoms with Gasteiger partial charge in [0.2, 0.25) is 0 Å². The average molecular weight is 265 g/mol. The van der Waals surface area contributed by atoms with E-state index in [9.17, 15) is 4.79 Å². The number of esters is 1. The largest absolute Gasteiger partial charge is 0.491 e. The molecule has 1 aromatic carbocycles. The SMILES string of the molecule is CCNC(C)(CC(C)Oc1ccccc1)C(=O)OC. The Labute approximate surface area is 115 Å². The summed E-state index contributed by atoms with van der Waals surface area (Å²) in [5.74, 6) is 0.538. The molecule has 2 unspecified atom stereocenters. The van der Waals surface area contributed by atoms with Gasteiger partial charge >= 0.3 is 5.97 Å². The van der Waals surface area contributed by atoms with E-state index in [-0.39, 0.29) is 12.1 Å². The minimum atomic E-state index is -0.725. The zero-order valence-electron chi connectivity index (χ0n) is 12.1. The molecule has 4 heteroatoms. The molecule has 0 amide bonds. The molecule has 0 aliphatic rings. The highest BCUT2D eigenvalue weighted by molar-refractivity contribution is 5.80. The molecule has 1 rings (SSSR count). The molecular formula is C15H23NO3. The van der Waals surface area contributed by atoms with Gasteiger partial charge in [0.25, 0.3) is 0 Å². The maximum Gasteiger partial charge on any atom is 0.325 e. The van der Waals surface area contributed by atoms with E-state index in [2.05, 4.69) is 5.32 Å². The fourth-order valence-electron chi connectivity index (χ4n) is 2.19. The number of methoxy groups -OCH3 is 1. The van der Waals surface area contributed by atoms with Gasteiger partial charge in [-0.15, -0.1) is 0 Å². The molecule has 2 atom stereocenters. The molecular weight excluding hydrogens is 242 g/mol. The smallest absolute Gasteiger partial charge is 0.325 e. The van der Waals surface area contributed by atoms with Gasteiger partial charge in [-0.3, -0.25) is 4.79 Å². The number of hydrogen-bond acceptors (Lipinski definition) is 4. The third-order valence-electron chi connectivity index (χ3n) is 2.98. The highest BCUT2D eigenvalue weighted by Crippen LogP contribution is 2.19. The van der Waals surface area contributed by atoms with Gasteiger partial charge in [-0.25, -0.2) is 0 Å². The van der Waals surface area contributed by atoms with Crippen molar-refractivity contribution in [2.75, 3.05) is 13.7 Å². The Hall–Kier alpha value is -1.55. The van der Waals surface area contributed by atoms with E-state index in [0.29, 0.717) is 13.0 Å². The van der Waals surface area contributed by atoms with Gasteiger partial charge in [0.15, 0.2) is 0 Å². The van der Waals surface area contributed by atoms with E-state index in [1.54, 1.807) is 0 Å². The van der Waals surface area contributed by atoms with Crippen LogP contribution in [0.2, 0.25) is 0 Å². The van der Waals surface area contributed by atoms with Gasteiger partial charge in [-0.1, -0.05) is 25.1 Å². The van der Waals surface area contributed by atoms with E-state index in [4.69, 9.17) is 9.47 Å². The van der Waals surface area contributed by atoms with Crippen molar-refractivity contribution in [3.05, 3.63) is 30.3 Å². The number of rotatable bonds is 7. The summed E-state index contributed by atoms with van der Waals surface area (Å²) in [4.78, 5) is 11.9. The Kier molecular flexibility index (Phi) is 5.83. The van der Waals surface area contributed by atoms with Crippen molar-refractivity contribution in [2.24, 2.45) is 0 Å². The minimum Gasteiger partial charge on any atom is -0.491 e. The van der Waals surface area contributed by atoms with Crippen LogP contribution in [0.3, 0.4) is 0 Å². The van der Waals surface area contributed by atoms with Crippen molar-refractivity contribution in [3.63, 3.8) is 0 Å². The van der Waals surface area contributed by atoms with Crippen molar-refractivity contribution in [2.45, 2.75) is 38.8 Å². The van der Waals surface area contributed by atoms with Crippen LogP contribution in [0.1, 0.15) is 27.2 Å². The number of benzene rings is 1. The summed E-state index contributed by atoms with van der Waals surface area (Å²) in [6.07, 6.45) is 0.452. The van der Waals surface area contributed by atoms with E-state index >= 15 is 0 Å². The number of nitrogens with one attached hydrogen (secondary N) is 1. The lowest BCUT2D eigenvalue weighted by molar-refractivity contribution is -0.149. The summed E-state index contributed by atoms with van der Waals surface area (Å²) >= 11 is 0. The van der Waals surface area contributed by atoms with Crippen LogP contribution in [-0.4, -0.2) is 31.3 Å². The zero-order chi connectivity index (χ0) is 14.3. The zero-order valence-corrected chi connectivity index (χ0v) is 12.1. The fourth-order valence-corrected chi connectivity index (χ4v) is 2.19. The molecule has 0 aromatic heterocycles. The quantitative estimate of drug-likeness (QED) is 0.769. The van der Waals surface area contributed by atoms with Crippen molar-refractivity contribution >= 4 is 5.97 Å². The Morgan fingerprint density at radius 2 is 2.00 bits per heavy atom. The van der Waals surface area contributed by atoms with Gasteiger partial charge in [-0.05, 0) is 32.5 Å². The maximum atomic E-state index is 11.9. The second-order valence-corrected chi connectivity index (χ2v) is 4.80. The summed E-state index contributed by atoms with van der Waals surface area (Å²) in [6, 6.07) is 9.59.